The van der Waals surface area contributed by atoms with Gasteiger partial charge in [0.2, 0.25) is 0 Å². The molecule has 0 aliphatic carbocycles. The number of amides is 1. The first kappa shape index (κ1) is 15.3. The van der Waals surface area contributed by atoms with E-state index in [1.165, 1.54) is 30.2 Å². The first-order valence-electron chi connectivity index (χ1n) is 5.85. The molecule has 0 radical (unpaired) electrons. The van der Waals surface area contributed by atoms with Crippen molar-refractivity contribution >= 4 is 40.9 Å². The number of rotatable bonds is 4. The van der Waals surface area contributed by atoms with Crippen molar-refractivity contribution in [2.24, 2.45) is 0 Å². The lowest BCUT2D eigenvalue weighted by Gasteiger charge is -2.09. The molecule has 1 aromatic carbocycles. The number of nitrogens with zero attached hydrogens (tertiary/aromatic N) is 1. The average Bonchev–Trinajstić information content (AvgIpc) is 2.48. The molecule has 1 heterocycles. The van der Waals surface area contributed by atoms with Gasteiger partial charge in [-0.15, -0.1) is 11.8 Å². The Morgan fingerprint density at radius 3 is 2.71 bits per heavy atom. The molecule has 2 rings (SSSR count). The lowest BCUT2D eigenvalue weighted by atomic mass is 10.2. The number of benzene rings is 1. The summed E-state index contributed by atoms with van der Waals surface area (Å²) >= 11 is 7.49. The van der Waals surface area contributed by atoms with E-state index in [4.69, 9.17) is 16.7 Å². The minimum absolute atomic E-state index is 0.0320. The standard InChI is InChI=1S/C14H11ClN2O3S/c1-21-8-2-3-11(15)10(6-8)13(18)17-12-7-16-5-4-9(12)14(19)20/h2-7H,1H3,(H,17,18)(H,19,20). The second-order valence-electron chi connectivity index (χ2n) is 4.03. The zero-order chi connectivity index (χ0) is 15.4. The third-order valence-corrected chi connectivity index (χ3v) is 3.77. The van der Waals surface area contributed by atoms with Crippen molar-refractivity contribution in [3.63, 3.8) is 0 Å². The number of anilines is 1. The summed E-state index contributed by atoms with van der Waals surface area (Å²) in [6.45, 7) is 0. The number of carboxylic acid groups (broad SMARTS) is 1. The van der Waals surface area contributed by atoms with Crippen LogP contribution < -0.4 is 5.32 Å². The number of hydrogen-bond donors (Lipinski definition) is 2. The van der Waals surface area contributed by atoms with Gasteiger partial charge in [-0.2, -0.15) is 0 Å². The van der Waals surface area contributed by atoms with Crippen molar-refractivity contribution in [3.8, 4) is 0 Å². The average molecular weight is 323 g/mol. The van der Waals surface area contributed by atoms with Crippen LogP contribution in [0.2, 0.25) is 5.02 Å². The first-order valence-corrected chi connectivity index (χ1v) is 7.45. The SMILES string of the molecule is CSc1ccc(Cl)c(C(=O)Nc2cnccc2C(=O)O)c1. The van der Waals surface area contributed by atoms with Gasteiger partial charge >= 0.3 is 5.97 Å². The minimum atomic E-state index is -1.14. The van der Waals surface area contributed by atoms with Crippen LogP contribution in [0, 0.1) is 0 Å². The normalized spacial score (nSPS) is 10.2. The largest absolute Gasteiger partial charge is 0.478 e. The molecular formula is C14H11ClN2O3S. The summed E-state index contributed by atoms with van der Waals surface area (Å²) in [5.41, 5.74) is 0.375. The zero-order valence-corrected chi connectivity index (χ0v) is 12.5. The highest BCUT2D eigenvalue weighted by Crippen LogP contribution is 2.24. The van der Waals surface area contributed by atoms with Crippen molar-refractivity contribution in [1.29, 1.82) is 0 Å². The fourth-order valence-electron chi connectivity index (χ4n) is 1.68. The number of carbonyl (C=O) groups is 2. The summed E-state index contributed by atoms with van der Waals surface area (Å²) in [7, 11) is 0. The number of carbonyl (C=O) groups excluding carboxylic acids is 1. The Balaban J connectivity index is 2.33. The fraction of sp³-hybridized carbons (Fsp3) is 0.0714. The maximum Gasteiger partial charge on any atom is 0.337 e. The van der Waals surface area contributed by atoms with Gasteiger partial charge in [0.15, 0.2) is 0 Å². The summed E-state index contributed by atoms with van der Waals surface area (Å²) in [5.74, 6) is -1.62. The van der Waals surface area contributed by atoms with Gasteiger partial charge in [-0.05, 0) is 30.5 Å². The van der Waals surface area contributed by atoms with E-state index in [2.05, 4.69) is 10.3 Å². The third-order valence-electron chi connectivity index (χ3n) is 2.72. The zero-order valence-electron chi connectivity index (χ0n) is 11.0. The number of hydrogen-bond acceptors (Lipinski definition) is 4. The van der Waals surface area contributed by atoms with E-state index in [-0.39, 0.29) is 16.8 Å². The number of pyridine rings is 1. The molecule has 7 heteroatoms. The molecule has 2 aromatic rings. The van der Waals surface area contributed by atoms with Crippen LogP contribution in [-0.4, -0.2) is 28.2 Å². The molecule has 0 spiro atoms. The Hall–Kier alpha value is -2.05. The Bertz CT molecular complexity index is 706. The molecule has 21 heavy (non-hydrogen) atoms. The second-order valence-corrected chi connectivity index (χ2v) is 5.31. The van der Waals surface area contributed by atoms with Gasteiger partial charge in [-0.3, -0.25) is 9.78 Å². The number of carboxylic acids is 1. The van der Waals surface area contributed by atoms with Gasteiger partial charge < -0.3 is 10.4 Å². The Kier molecular flexibility index (Phi) is 4.82. The van der Waals surface area contributed by atoms with Crippen LogP contribution in [-0.2, 0) is 0 Å². The molecular weight excluding hydrogens is 312 g/mol. The van der Waals surface area contributed by atoms with Crippen LogP contribution in [0.15, 0.2) is 41.6 Å². The summed E-state index contributed by atoms with van der Waals surface area (Å²) in [6.07, 6.45) is 4.52. The molecule has 5 nitrogen and oxygen atoms in total. The van der Waals surface area contributed by atoms with Crippen molar-refractivity contribution in [2.75, 3.05) is 11.6 Å². The van der Waals surface area contributed by atoms with Crippen molar-refractivity contribution in [1.82, 2.24) is 4.98 Å². The number of halogens is 1. The van der Waals surface area contributed by atoms with Crippen LogP contribution in [0.3, 0.4) is 0 Å². The highest BCUT2D eigenvalue weighted by molar-refractivity contribution is 7.98. The van der Waals surface area contributed by atoms with E-state index in [0.717, 1.165) is 4.90 Å². The summed E-state index contributed by atoms with van der Waals surface area (Å²) in [5, 5.41) is 11.9. The van der Waals surface area contributed by atoms with E-state index in [1.807, 2.05) is 6.26 Å². The summed E-state index contributed by atoms with van der Waals surface area (Å²) < 4.78 is 0. The second kappa shape index (κ2) is 6.60. The van der Waals surface area contributed by atoms with Crippen molar-refractivity contribution in [3.05, 3.63) is 52.8 Å². The molecule has 2 N–H and O–H groups in total. The lowest BCUT2D eigenvalue weighted by molar-refractivity contribution is 0.0698. The van der Waals surface area contributed by atoms with Gasteiger partial charge in [-0.1, -0.05) is 11.6 Å². The lowest BCUT2D eigenvalue weighted by Crippen LogP contribution is -2.15. The number of aromatic nitrogens is 1. The van der Waals surface area contributed by atoms with E-state index < -0.39 is 11.9 Å². The van der Waals surface area contributed by atoms with Crippen molar-refractivity contribution < 1.29 is 14.7 Å². The predicted molar refractivity (Wildman–Crippen MR) is 82.4 cm³/mol. The predicted octanol–water partition coefficient (Wildman–Crippen LogP) is 3.41. The topological polar surface area (TPSA) is 79.3 Å². The highest BCUT2D eigenvalue weighted by atomic mass is 35.5. The molecule has 0 saturated carbocycles. The minimum Gasteiger partial charge on any atom is -0.478 e. The van der Waals surface area contributed by atoms with Crippen LogP contribution >= 0.6 is 23.4 Å². The molecule has 0 bridgehead atoms. The van der Waals surface area contributed by atoms with Gasteiger partial charge in [0.1, 0.15) is 0 Å². The van der Waals surface area contributed by atoms with Gasteiger partial charge in [0.05, 0.1) is 28.0 Å². The van der Waals surface area contributed by atoms with Gasteiger partial charge in [0.25, 0.3) is 5.91 Å². The van der Waals surface area contributed by atoms with Gasteiger partial charge in [0, 0.05) is 11.1 Å². The molecule has 0 saturated heterocycles. The van der Waals surface area contributed by atoms with E-state index in [1.54, 1.807) is 18.2 Å². The highest BCUT2D eigenvalue weighted by Gasteiger charge is 2.16. The molecule has 0 unspecified atom stereocenters. The molecule has 108 valence electrons. The number of aromatic carboxylic acids is 1. The Morgan fingerprint density at radius 2 is 2.05 bits per heavy atom. The number of nitrogens with one attached hydrogen (secondary N) is 1. The fourth-order valence-corrected chi connectivity index (χ4v) is 2.32. The first-order chi connectivity index (χ1) is 10.0. The molecule has 1 amide bonds. The van der Waals surface area contributed by atoms with Crippen LogP contribution in [0.1, 0.15) is 20.7 Å². The van der Waals surface area contributed by atoms with Crippen LogP contribution in [0.25, 0.3) is 0 Å². The third kappa shape index (κ3) is 3.53. The monoisotopic (exact) mass is 322 g/mol. The van der Waals surface area contributed by atoms with E-state index >= 15 is 0 Å². The molecule has 0 fully saturated rings. The molecule has 0 atom stereocenters. The summed E-state index contributed by atoms with van der Waals surface area (Å²) in [4.78, 5) is 28.0. The smallest absolute Gasteiger partial charge is 0.337 e. The molecule has 1 aromatic heterocycles. The quantitative estimate of drug-likeness (QED) is 0.843. The van der Waals surface area contributed by atoms with Crippen LogP contribution in [0.4, 0.5) is 5.69 Å². The Morgan fingerprint density at radius 1 is 1.29 bits per heavy atom. The molecule has 0 aliphatic rings. The summed E-state index contributed by atoms with van der Waals surface area (Å²) in [6, 6.07) is 6.40. The van der Waals surface area contributed by atoms with E-state index in [0.29, 0.717) is 5.02 Å². The number of thioether (sulfide) groups is 1. The molecule has 0 aliphatic heterocycles. The van der Waals surface area contributed by atoms with Crippen molar-refractivity contribution in [2.45, 2.75) is 4.90 Å². The van der Waals surface area contributed by atoms with Gasteiger partial charge in [-0.25, -0.2) is 4.79 Å². The van der Waals surface area contributed by atoms with Crippen LogP contribution in [0.5, 0.6) is 0 Å². The maximum absolute atomic E-state index is 12.3. The Labute approximate surface area is 130 Å². The van der Waals surface area contributed by atoms with E-state index in [9.17, 15) is 9.59 Å². The maximum atomic E-state index is 12.3.